The van der Waals surface area contributed by atoms with E-state index in [0.717, 1.165) is 25.0 Å². The first kappa shape index (κ1) is 10.9. The average molecular weight is 211 g/mol. The zero-order valence-corrected chi connectivity index (χ0v) is 8.86. The standard InChI is InChI=1S/C10H13NO2S/c1-2-3-4-8-7(10(12)13)5-6-9(14)11-8/h5-6H,2-4H2,1H3,(H,11,14)(H,12,13). The molecule has 0 radical (unpaired) electrons. The number of aryl methyl sites for hydroxylation is 1. The summed E-state index contributed by atoms with van der Waals surface area (Å²) in [6.45, 7) is 2.07. The van der Waals surface area contributed by atoms with Crippen LogP contribution < -0.4 is 0 Å². The number of aromatic nitrogens is 1. The van der Waals surface area contributed by atoms with E-state index in [0.29, 0.717) is 10.2 Å². The van der Waals surface area contributed by atoms with Crippen molar-refractivity contribution in [3.63, 3.8) is 0 Å². The lowest BCUT2D eigenvalue weighted by atomic mass is 10.1. The number of carboxylic acids is 1. The van der Waals surface area contributed by atoms with E-state index < -0.39 is 5.97 Å². The minimum absolute atomic E-state index is 0.326. The van der Waals surface area contributed by atoms with Crippen molar-refractivity contribution < 1.29 is 9.90 Å². The average Bonchev–Trinajstić information content (AvgIpc) is 2.14. The minimum atomic E-state index is -0.901. The maximum Gasteiger partial charge on any atom is 0.337 e. The molecule has 0 unspecified atom stereocenters. The first-order valence-electron chi connectivity index (χ1n) is 4.60. The number of carboxylic acid groups (broad SMARTS) is 1. The highest BCUT2D eigenvalue weighted by molar-refractivity contribution is 7.71. The van der Waals surface area contributed by atoms with E-state index in [1.807, 2.05) is 0 Å². The van der Waals surface area contributed by atoms with Crippen molar-refractivity contribution in [2.24, 2.45) is 0 Å². The number of nitrogens with one attached hydrogen (secondary N) is 1. The highest BCUT2D eigenvalue weighted by atomic mass is 32.1. The van der Waals surface area contributed by atoms with E-state index in [9.17, 15) is 4.79 Å². The summed E-state index contributed by atoms with van der Waals surface area (Å²) in [6, 6.07) is 3.17. The lowest BCUT2D eigenvalue weighted by Gasteiger charge is -2.04. The summed E-state index contributed by atoms with van der Waals surface area (Å²) in [4.78, 5) is 13.8. The molecule has 0 saturated carbocycles. The van der Waals surface area contributed by atoms with Crippen LogP contribution in [0, 0.1) is 4.64 Å². The second-order valence-corrected chi connectivity index (χ2v) is 3.56. The molecule has 1 aromatic heterocycles. The van der Waals surface area contributed by atoms with Crippen molar-refractivity contribution in [3.05, 3.63) is 28.0 Å². The van der Waals surface area contributed by atoms with Crippen molar-refractivity contribution in [3.8, 4) is 0 Å². The van der Waals surface area contributed by atoms with Crippen LogP contribution >= 0.6 is 12.2 Å². The zero-order chi connectivity index (χ0) is 10.6. The number of unbranched alkanes of at least 4 members (excludes halogenated alkanes) is 1. The summed E-state index contributed by atoms with van der Waals surface area (Å²) in [7, 11) is 0. The van der Waals surface area contributed by atoms with Gasteiger partial charge >= 0.3 is 5.97 Å². The van der Waals surface area contributed by atoms with Gasteiger partial charge in [0.05, 0.1) is 5.56 Å². The normalized spacial score (nSPS) is 10.1. The molecule has 0 bridgehead atoms. The van der Waals surface area contributed by atoms with E-state index in [2.05, 4.69) is 11.9 Å². The fourth-order valence-electron chi connectivity index (χ4n) is 1.27. The van der Waals surface area contributed by atoms with Crippen LogP contribution in [0.15, 0.2) is 12.1 Å². The van der Waals surface area contributed by atoms with Gasteiger partial charge < -0.3 is 10.1 Å². The third-order valence-electron chi connectivity index (χ3n) is 2.01. The molecule has 4 heteroatoms. The van der Waals surface area contributed by atoms with Crippen LogP contribution in [0.3, 0.4) is 0 Å². The van der Waals surface area contributed by atoms with Crippen LogP contribution in [0.1, 0.15) is 35.8 Å². The summed E-state index contributed by atoms with van der Waals surface area (Å²) in [5.74, 6) is -0.901. The van der Waals surface area contributed by atoms with E-state index in [1.54, 1.807) is 12.1 Å². The first-order valence-corrected chi connectivity index (χ1v) is 5.01. The molecule has 1 heterocycles. The summed E-state index contributed by atoms with van der Waals surface area (Å²) >= 11 is 4.95. The second-order valence-electron chi connectivity index (χ2n) is 3.12. The lowest BCUT2D eigenvalue weighted by Crippen LogP contribution is -2.04. The molecule has 0 saturated heterocycles. The van der Waals surface area contributed by atoms with Crippen molar-refractivity contribution in [1.29, 1.82) is 0 Å². The smallest absolute Gasteiger partial charge is 0.337 e. The third-order valence-corrected chi connectivity index (χ3v) is 2.25. The predicted molar refractivity (Wildman–Crippen MR) is 57.2 cm³/mol. The Morgan fingerprint density at radius 2 is 2.29 bits per heavy atom. The molecule has 76 valence electrons. The zero-order valence-electron chi connectivity index (χ0n) is 8.04. The molecule has 1 rings (SSSR count). The lowest BCUT2D eigenvalue weighted by molar-refractivity contribution is 0.0695. The molecule has 0 fully saturated rings. The molecule has 0 aromatic carbocycles. The molecular weight excluding hydrogens is 198 g/mol. The van der Waals surface area contributed by atoms with Gasteiger partial charge in [0.1, 0.15) is 4.64 Å². The van der Waals surface area contributed by atoms with Crippen molar-refractivity contribution >= 4 is 18.2 Å². The van der Waals surface area contributed by atoms with Crippen molar-refractivity contribution in [1.82, 2.24) is 4.98 Å². The van der Waals surface area contributed by atoms with Crippen LogP contribution in [0.4, 0.5) is 0 Å². The number of aromatic carboxylic acids is 1. The summed E-state index contributed by atoms with van der Waals surface area (Å²) in [6.07, 6.45) is 2.74. The SMILES string of the molecule is CCCCc1[nH]c(=S)ccc1C(=O)O. The number of rotatable bonds is 4. The van der Waals surface area contributed by atoms with Crippen LogP contribution in [0.2, 0.25) is 0 Å². The molecule has 0 atom stereocenters. The number of pyridine rings is 1. The molecular formula is C10H13NO2S. The molecule has 3 nitrogen and oxygen atoms in total. The van der Waals surface area contributed by atoms with Crippen molar-refractivity contribution in [2.75, 3.05) is 0 Å². The van der Waals surface area contributed by atoms with Gasteiger partial charge in [-0.2, -0.15) is 0 Å². The van der Waals surface area contributed by atoms with E-state index >= 15 is 0 Å². The van der Waals surface area contributed by atoms with Gasteiger partial charge in [0.2, 0.25) is 0 Å². The molecule has 0 amide bonds. The van der Waals surface area contributed by atoms with Crippen LogP contribution in [-0.2, 0) is 6.42 Å². The van der Waals surface area contributed by atoms with E-state index in [-0.39, 0.29) is 0 Å². The number of aromatic amines is 1. The van der Waals surface area contributed by atoms with Gasteiger partial charge in [-0.05, 0) is 25.0 Å². The molecule has 2 N–H and O–H groups in total. The molecule has 0 aliphatic heterocycles. The monoisotopic (exact) mass is 211 g/mol. The topological polar surface area (TPSA) is 53.1 Å². The fourth-order valence-corrected chi connectivity index (χ4v) is 1.46. The Bertz CT molecular complexity index is 384. The fraction of sp³-hybridized carbons (Fsp3) is 0.400. The summed E-state index contributed by atoms with van der Waals surface area (Å²) < 4.78 is 0.584. The van der Waals surface area contributed by atoms with Crippen LogP contribution in [-0.4, -0.2) is 16.1 Å². The Morgan fingerprint density at radius 3 is 2.86 bits per heavy atom. The third kappa shape index (κ3) is 2.67. The minimum Gasteiger partial charge on any atom is -0.478 e. The highest BCUT2D eigenvalue weighted by Gasteiger charge is 2.08. The van der Waals surface area contributed by atoms with Gasteiger partial charge in [0, 0.05) is 5.69 Å². The molecule has 0 spiro atoms. The Morgan fingerprint density at radius 1 is 1.57 bits per heavy atom. The van der Waals surface area contributed by atoms with Gasteiger partial charge in [-0.3, -0.25) is 0 Å². The van der Waals surface area contributed by atoms with Gasteiger partial charge in [-0.25, -0.2) is 4.79 Å². The predicted octanol–water partition coefficient (Wildman–Crippen LogP) is 2.78. The maximum atomic E-state index is 10.8. The summed E-state index contributed by atoms with van der Waals surface area (Å²) in [5, 5.41) is 8.90. The molecule has 1 aromatic rings. The van der Waals surface area contributed by atoms with Gasteiger partial charge in [0.25, 0.3) is 0 Å². The Balaban J connectivity index is 3.03. The van der Waals surface area contributed by atoms with E-state index in [1.165, 1.54) is 0 Å². The summed E-state index contributed by atoms with van der Waals surface area (Å²) in [5.41, 5.74) is 1.05. The maximum absolute atomic E-state index is 10.8. The first-order chi connectivity index (χ1) is 6.65. The van der Waals surface area contributed by atoms with Gasteiger partial charge in [0.15, 0.2) is 0 Å². The van der Waals surface area contributed by atoms with E-state index in [4.69, 9.17) is 17.3 Å². The van der Waals surface area contributed by atoms with Crippen molar-refractivity contribution in [2.45, 2.75) is 26.2 Å². The van der Waals surface area contributed by atoms with Crippen LogP contribution in [0.5, 0.6) is 0 Å². The van der Waals surface area contributed by atoms with Gasteiger partial charge in [-0.1, -0.05) is 25.6 Å². The van der Waals surface area contributed by atoms with Crippen LogP contribution in [0.25, 0.3) is 0 Å². The number of carbonyl (C=O) groups is 1. The second kappa shape index (κ2) is 4.91. The quantitative estimate of drug-likeness (QED) is 0.753. The molecule has 0 aliphatic carbocycles. The van der Waals surface area contributed by atoms with Gasteiger partial charge in [-0.15, -0.1) is 0 Å². The highest BCUT2D eigenvalue weighted by Crippen LogP contribution is 2.09. The Kier molecular flexibility index (Phi) is 3.83. The number of H-pyrrole nitrogens is 1. The molecule has 0 aliphatic rings. The Labute approximate surface area is 87.8 Å². The largest absolute Gasteiger partial charge is 0.478 e. The Hall–Kier alpha value is -1.16. The number of hydrogen-bond acceptors (Lipinski definition) is 2. The molecule has 14 heavy (non-hydrogen) atoms. The number of hydrogen-bond donors (Lipinski definition) is 2.